The Kier molecular flexibility index (Phi) is 3.94. The largest absolute Gasteiger partial charge is 0.317 e. The van der Waals surface area contributed by atoms with E-state index in [0.29, 0.717) is 5.92 Å². The van der Waals surface area contributed by atoms with Gasteiger partial charge in [0, 0.05) is 12.1 Å². The van der Waals surface area contributed by atoms with Crippen molar-refractivity contribution < 1.29 is 0 Å². The van der Waals surface area contributed by atoms with Gasteiger partial charge in [0.1, 0.15) is 0 Å². The highest BCUT2D eigenvalue weighted by Gasteiger charge is 2.20. The molecule has 2 heterocycles. The van der Waals surface area contributed by atoms with Crippen LogP contribution in [0.1, 0.15) is 35.6 Å². The second-order valence-electron chi connectivity index (χ2n) is 5.31. The first-order valence-corrected chi connectivity index (χ1v) is 7.20. The molecule has 0 atom stereocenters. The van der Waals surface area contributed by atoms with E-state index in [4.69, 9.17) is 0 Å². The summed E-state index contributed by atoms with van der Waals surface area (Å²) in [4.78, 5) is 0. The standard InChI is InChI=1S/C16H21N3/c1-2-4-13(5-3-1)6-7-15-12-18-19-16(15)14-8-10-17-11-9-14/h1-5,12,14,17H,6-11H2,(H,18,19). The Morgan fingerprint density at radius 2 is 1.84 bits per heavy atom. The van der Waals surface area contributed by atoms with Gasteiger partial charge in [-0.1, -0.05) is 30.3 Å². The number of benzene rings is 1. The van der Waals surface area contributed by atoms with Crippen molar-refractivity contribution in [2.45, 2.75) is 31.6 Å². The molecule has 0 aliphatic carbocycles. The van der Waals surface area contributed by atoms with Gasteiger partial charge in [0.05, 0.1) is 5.69 Å². The average Bonchev–Trinajstić information content (AvgIpc) is 2.95. The summed E-state index contributed by atoms with van der Waals surface area (Å²) in [5, 5.41) is 11.0. The van der Waals surface area contributed by atoms with Crippen molar-refractivity contribution in [1.29, 1.82) is 0 Å². The lowest BCUT2D eigenvalue weighted by Crippen LogP contribution is -2.27. The first-order valence-electron chi connectivity index (χ1n) is 7.20. The van der Waals surface area contributed by atoms with Gasteiger partial charge < -0.3 is 5.32 Å². The second kappa shape index (κ2) is 6.02. The summed E-state index contributed by atoms with van der Waals surface area (Å²) in [6.45, 7) is 2.24. The van der Waals surface area contributed by atoms with E-state index in [1.54, 1.807) is 0 Å². The molecule has 0 saturated carbocycles. The van der Waals surface area contributed by atoms with E-state index in [-0.39, 0.29) is 0 Å². The van der Waals surface area contributed by atoms with Crippen molar-refractivity contribution in [3.8, 4) is 0 Å². The van der Waals surface area contributed by atoms with Crippen molar-refractivity contribution in [2.75, 3.05) is 13.1 Å². The first-order chi connectivity index (χ1) is 9.43. The number of nitrogens with zero attached hydrogens (tertiary/aromatic N) is 1. The van der Waals surface area contributed by atoms with Crippen molar-refractivity contribution in [1.82, 2.24) is 15.5 Å². The van der Waals surface area contributed by atoms with Gasteiger partial charge in [-0.3, -0.25) is 5.10 Å². The lowest BCUT2D eigenvalue weighted by Gasteiger charge is -2.22. The van der Waals surface area contributed by atoms with Crippen molar-refractivity contribution in [2.24, 2.45) is 0 Å². The van der Waals surface area contributed by atoms with Gasteiger partial charge in [0.2, 0.25) is 0 Å². The van der Waals surface area contributed by atoms with Crippen LogP contribution in [-0.4, -0.2) is 23.3 Å². The minimum atomic E-state index is 0.637. The minimum Gasteiger partial charge on any atom is -0.317 e. The summed E-state index contributed by atoms with van der Waals surface area (Å²) >= 11 is 0. The molecule has 0 radical (unpaired) electrons. The van der Waals surface area contributed by atoms with Gasteiger partial charge in [-0.15, -0.1) is 0 Å². The van der Waals surface area contributed by atoms with E-state index < -0.39 is 0 Å². The number of rotatable bonds is 4. The number of hydrogen-bond acceptors (Lipinski definition) is 2. The summed E-state index contributed by atoms with van der Waals surface area (Å²) in [5.41, 5.74) is 4.10. The molecule has 1 aliphatic rings. The Morgan fingerprint density at radius 1 is 1.05 bits per heavy atom. The fraction of sp³-hybridized carbons (Fsp3) is 0.438. The molecule has 100 valence electrons. The molecule has 0 amide bonds. The van der Waals surface area contributed by atoms with Crippen LogP contribution < -0.4 is 5.32 Å². The molecule has 2 N–H and O–H groups in total. The Bertz CT molecular complexity index is 498. The highest BCUT2D eigenvalue weighted by molar-refractivity contribution is 5.24. The topological polar surface area (TPSA) is 40.7 Å². The Labute approximate surface area is 114 Å². The van der Waals surface area contributed by atoms with E-state index in [9.17, 15) is 0 Å². The molecule has 3 nitrogen and oxygen atoms in total. The maximum Gasteiger partial charge on any atom is 0.0685 e. The van der Waals surface area contributed by atoms with Gasteiger partial charge >= 0.3 is 0 Å². The van der Waals surface area contributed by atoms with E-state index in [1.165, 1.54) is 29.7 Å². The van der Waals surface area contributed by atoms with Crippen LogP contribution in [0.2, 0.25) is 0 Å². The van der Waals surface area contributed by atoms with Gasteiger partial charge in [0.15, 0.2) is 0 Å². The molecule has 19 heavy (non-hydrogen) atoms. The molecule has 3 heteroatoms. The zero-order chi connectivity index (χ0) is 12.9. The van der Waals surface area contributed by atoms with Gasteiger partial charge in [-0.05, 0) is 49.9 Å². The van der Waals surface area contributed by atoms with E-state index in [1.807, 2.05) is 0 Å². The molecule has 3 rings (SSSR count). The molecular weight excluding hydrogens is 234 g/mol. The number of hydrogen-bond donors (Lipinski definition) is 2. The minimum absolute atomic E-state index is 0.637. The molecule has 2 aromatic rings. The summed E-state index contributed by atoms with van der Waals surface area (Å²) < 4.78 is 0. The Hall–Kier alpha value is -1.61. The van der Waals surface area contributed by atoms with Gasteiger partial charge in [-0.25, -0.2) is 0 Å². The molecule has 0 spiro atoms. The van der Waals surface area contributed by atoms with Crippen LogP contribution in [0.4, 0.5) is 0 Å². The quantitative estimate of drug-likeness (QED) is 0.882. The predicted molar refractivity (Wildman–Crippen MR) is 77.3 cm³/mol. The summed E-state index contributed by atoms with van der Waals surface area (Å²) in [6.07, 6.45) is 6.69. The second-order valence-corrected chi connectivity index (χ2v) is 5.31. The third-order valence-electron chi connectivity index (χ3n) is 4.00. The third kappa shape index (κ3) is 3.04. The Morgan fingerprint density at radius 3 is 2.63 bits per heavy atom. The molecule has 1 aromatic carbocycles. The third-order valence-corrected chi connectivity index (χ3v) is 4.00. The number of aryl methyl sites for hydroxylation is 2. The van der Waals surface area contributed by atoms with Crippen LogP contribution in [-0.2, 0) is 12.8 Å². The number of piperidine rings is 1. The summed E-state index contributed by atoms with van der Waals surface area (Å²) in [7, 11) is 0. The van der Waals surface area contributed by atoms with Gasteiger partial charge in [0.25, 0.3) is 0 Å². The number of H-pyrrole nitrogens is 1. The molecular formula is C16H21N3. The molecule has 1 saturated heterocycles. The number of nitrogens with one attached hydrogen (secondary N) is 2. The number of aromatic amines is 1. The Balaban J connectivity index is 1.66. The van der Waals surface area contributed by atoms with Crippen molar-refractivity contribution >= 4 is 0 Å². The lowest BCUT2D eigenvalue weighted by atomic mass is 9.91. The van der Waals surface area contributed by atoms with Crippen LogP contribution in [0.25, 0.3) is 0 Å². The van der Waals surface area contributed by atoms with E-state index in [2.05, 4.69) is 52.0 Å². The maximum absolute atomic E-state index is 4.50. The highest BCUT2D eigenvalue weighted by Crippen LogP contribution is 2.26. The van der Waals surface area contributed by atoms with Crippen LogP contribution in [0.15, 0.2) is 36.5 Å². The monoisotopic (exact) mass is 255 g/mol. The predicted octanol–water partition coefficient (Wildman–Crippen LogP) is 2.66. The summed E-state index contributed by atoms with van der Waals surface area (Å²) in [6, 6.07) is 10.7. The molecule has 1 aromatic heterocycles. The SMILES string of the molecule is c1ccc(CCc2c[nH]nc2C2CCNCC2)cc1. The zero-order valence-electron chi connectivity index (χ0n) is 11.2. The lowest BCUT2D eigenvalue weighted by molar-refractivity contribution is 0.450. The fourth-order valence-electron chi connectivity index (χ4n) is 2.90. The van der Waals surface area contributed by atoms with Crippen LogP contribution in [0, 0.1) is 0 Å². The molecule has 1 aliphatic heterocycles. The molecule has 0 bridgehead atoms. The fourth-order valence-corrected chi connectivity index (χ4v) is 2.90. The summed E-state index contributed by atoms with van der Waals surface area (Å²) in [5.74, 6) is 0.637. The normalized spacial score (nSPS) is 16.6. The van der Waals surface area contributed by atoms with E-state index in [0.717, 1.165) is 25.9 Å². The average molecular weight is 255 g/mol. The van der Waals surface area contributed by atoms with Crippen LogP contribution in [0.3, 0.4) is 0 Å². The van der Waals surface area contributed by atoms with Crippen LogP contribution >= 0.6 is 0 Å². The first kappa shape index (κ1) is 12.4. The van der Waals surface area contributed by atoms with Crippen molar-refractivity contribution in [3.63, 3.8) is 0 Å². The highest BCUT2D eigenvalue weighted by atomic mass is 15.1. The van der Waals surface area contributed by atoms with Crippen LogP contribution in [0.5, 0.6) is 0 Å². The number of aromatic nitrogens is 2. The molecule has 1 fully saturated rings. The maximum atomic E-state index is 4.50. The van der Waals surface area contributed by atoms with E-state index >= 15 is 0 Å². The zero-order valence-corrected chi connectivity index (χ0v) is 11.2. The van der Waals surface area contributed by atoms with Gasteiger partial charge in [-0.2, -0.15) is 5.10 Å². The molecule has 0 unspecified atom stereocenters. The van der Waals surface area contributed by atoms with Crippen molar-refractivity contribution in [3.05, 3.63) is 53.3 Å². The smallest absolute Gasteiger partial charge is 0.0685 e.